The van der Waals surface area contributed by atoms with Crippen LogP contribution in [0.1, 0.15) is 33.1 Å². The molecule has 0 aromatic rings. The molecular weight excluding hydrogens is 166 g/mol. The Balaban J connectivity index is 2.31. The zero-order valence-electron chi connectivity index (χ0n) is 8.55. The molecule has 0 amide bonds. The quantitative estimate of drug-likeness (QED) is 0.625. The largest absolute Gasteiger partial charge is 0.251 e. The van der Waals surface area contributed by atoms with E-state index in [1.807, 2.05) is 11.9 Å². The third kappa shape index (κ3) is 2.67. The van der Waals surface area contributed by atoms with Crippen molar-refractivity contribution in [1.82, 2.24) is 4.31 Å². The molecule has 1 aliphatic rings. The molecule has 12 heavy (non-hydrogen) atoms. The summed E-state index contributed by atoms with van der Waals surface area (Å²) in [6, 6.07) is 0. The summed E-state index contributed by atoms with van der Waals surface area (Å²) in [6.07, 6.45) is 6.39. The SMILES string of the molecule is CCCC1CCN(SC)CC1C. The molecule has 2 heteroatoms. The summed E-state index contributed by atoms with van der Waals surface area (Å²) in [6.45, 7) is 7.30. The minimum Gasteiger partial charge on any atom is -0.251 e. The lowest BCUT2D eigenvalue weighted by Gasteiger charge is -2.35. The maximum absolute atomic E-state index is 2.50. The Kier molecular flexibility index (Phi) is 4.44. The number of rotatable bonds is 3. The highest BCUT2D eigenvalue weighted by Crippen LogP contribution is 2.29. The van der Waals surface area contributed by atoms with Gasteiger partial charge in [-0.25, -0.2) is 0 Å². The molecule has 1 fully saturated rings. The molecule has 0 aliphatic carbocycles. The fourth-order valence-corrected chi connectivity index (χ4v) is 2.79. The van der Waals surface area contributed by atoms with Crippen molar-refractivity contribution in [3.05, 3.63) is 0 Å². The first-order chi connectivity index (χ1) is 5.77. The first kappa shape index (κ1) is 10.4. The summed E-state index contributed by atoms with van der Waals surface area (Å²) in [5.41, 5.74) is 0. The lowest BCUT2D eigenvalue weighted by atomic mass is 9.85. The van der Waals surface area contributed by atoms with Crippen LogP contribution in [0.3, 0.4) is 0 Å². The Morgan fingerprint density at radius 3 is 2.75 bits per heavy atom. The van der Waals surface area contributed by atoms with Crippen LogP contribution in [0.15, 0.2) is 0 Å². The van der Waals surface area contributed by atoms with E-state index in [0.29, 0.717) is 0 Å². The molecule has 0 saturated carbocycles. The second kappa shape index (κ2) is 5.13. The van der Waals surface area contributed by atoms with Crippen molar-refractivity contribution >= 4 is 11.9 Å². The van der Waals surface area contributed by atoms with Crippen molar-refractivity contribution in [1.29, 1.82) is 0 Å². The maximum Gasteiger partial charge on any atom is 0.0118 e. The maximum atomic E-state index is 2.50. The van der Waals surface area contributed by atoms with Crippen molar-refractivity contribution in [2.45, 2.75) is 33.1 Å². The van der Waals surface area contributed by atoms with Crippen LogP contribution >= 0.6 is 11.9 Å². The van der Waals surface area contributed by atoms with Crippen LogP contribution in [0.4, 0.5) is 0 Å². The van der Waals surface area contributed by atoms with Crippen molar-refractivity contribution < 1.29 is 0 Å². The Morgan fingerprint density at radius 2 is 2.25 bits per heavy atom. The number of piperidine rings is 1. The van der Waals surface area contributed by atoms with Gasteiger partial charge in [-0.15, -0.1) is 0 Å². The molecule has 1 rings (SSSR count). The monoisotopic (exact) mass is 187 g/mol. The van der Waals surface area contributed by atoms with E-state index < -0.39 is 0 Å². The minimum absolute atomic E-state index is 0.908. The van der Waals surface area contributed by atoms with Gasteiger partial charge in [0.25, 0.3) is 0 Å². The Labute approximate surface area is 81.0 Å². The summed E-state index contributed by atoms with van der Waals surface area (Å²) in [7, 11) is 0. The number of hydrogen-bond donors (Lipinski definition) is 0. The van der Waals surface area contributed by atoms with Crippen molar-refractivity contribution in [2.75, 3.05) is 19.3 Å². The van der Waals surface area contributed by atoms with E-state index in [4.69, 9.17) is 0 Å². The van der Waals surface area contributed by atoms with Crippen LogP contribution in [0, 0.1) is 11.8 Å². The van der Waals surface area contributed by atoms with E-state index in [1.54, 1.807) is 0 Å². The molecule has 2 unspecified atom stereocenters. The first-order valence-electron chi connectivity index (χ1n) is 5.07. The van der Waals surface area contributed by atoms with Gasteiger partial charge in [0.1, 0.15) is 0 Å². The molecule has 2 atom stereocenters. The van der Waals surface area contributed by atoms with E-state index in [0.717, 1.165) is 11.8 Å². The number of hydrogen-bond acceptors (Lipinski definition) is 2. The average Bonchev–Trinajstić information content (AvgIpc) is 2.09. The molecule has 0 aromatic heterocycles. The van der Waals surface area contributed by atoms with Crippen LogP contribution in [0.2, 0.25) is 0 Å². The van der Waals surface area contributed by atoms with Gasteiger partial charge in [0.05, 0.1) is 0 Å². The first-order valence-corrected chi connectivity index (χ1v) is 6.25. The third-order valence-corrected chi connectivity index (χ3v) is 3.81. The zero-order valence-corrected chi connectivity index (χ0v) is 9.36. The highest BCUT2D eigenvalue weighted by atomic mass is 32.2. The van der Waals surface area contributed by atoms with Gasteiger partial charge < -0.3 is 0 Å². The predicted octanol–water partition coefficient (Wildman–Crippen LogP) is 3.02. The van der Waals surface area contributed by atoms with Crippen LogP contribution in [-0.4, -0.2) is 23.7 Å². The molecular formula is C10H21NS. The Bertz CT molecular complexity index is 127. The lowest BCUT2D eigenvalue weighted by molar-refractivity contribution is 0.199. The van der Waals surface area contributed by atoms with Gasteiger partial charge in [-0.05, 0) is 24.5 Å². The second-order valence-corrected chi connectivity index (χ2v) is 4.77. The Morgan fingerprint density at radius 1 is 1.50 bits per heavy atom. The van der Waals surface area contributed by atoms with Gasteiger partial charge in [0, 0.05) is 13.1 Å². The molecule has 0 bridgehead atoms. The summed E-state index contributed by atoms with van der Waals surface area (Å²) >= 11 is 1.90. The van der Waals surface area contributed by atoms with Crippen molar-refractivity contribution in [2.24, 2.45) is 11.8 Å². The van der Waals surface area contributed by atoms with Gasteiger partial charge in [-0.3, -0.25) is 4.31 Å². The predicted molar refractivity (Wildman–Crippen MR) is 57.3 cm³/mol. The fraction of sp³-hybridized carbons (Fsp3) is 1.00. The van der Waals surface area contributed by atoms with E-state index in [-0.39, 0.29) is 0 Å². The molecule has 72 valence electrons. The third-order valence-electron chi connectivity index (χ3n) is 2.96. The van der Waals surface area contributed by atoms with Gasteiger partial charge >= 0.3 is 0 Å². The molecule has 0 radical (unpaired) electrons. The molecule has 0 N–H and O–H groups in total. The average molecular weight is 187 g/mol. The summed E-state index contributed by atoms with van der Waals surface area (Å²) < 4.78 is 2.50. The van der Waals surface area contributed by atoms with Crippen molar-refractivity contribution in [3.63, 3.8) is 0 Å². The molecule has 1 heterocycles. The summed E-state index contributed by atoms with van der Waals surface area (Å²) in [4.78, 5) is 0. The molecule has 1 aliphatic heterocycles. The van der Waals surface area contributed by atoms with E-state index in [2.05, 4.69) is 24.4 Å². The molecule has 1 nitrogen and oxygen atoms in total. The topological polar surface area (TPSA) is 3.24 Å². The van der Waals surface area contributed by atoms with E-state index >= 15 is 0 Å². The summed E-state index contributed by atoms with van der Waals surface area (Å²) in [5.74, 6) is 1.91. The van der Waals surface area contributed by atoms with Gasteiger partial charge in [0.15, 0.2) is 0 Å². The van der Waals surface area contributed by atoms with Gasteiger partial charge in [0.2, 0.25) is 0 Å². The minimum atomic E-state index is 0.908. The molecule has 1 saturated heterocycles. The van der Waals surface area contributed by atoms with E-state index in [9.17, 15) is 0 Å². The summed E-state index contributed by atoms with van der Waals surface area (Å²) in [5, 5.41) is 0. The molecule has 0 aromatic carbocycles. The van der Waals surface area contributed by atoms with Crippen LogP contribution in [-0.2, 0) is 0 Å². The standard InChI is InChI=1S/C10H21NS/c1-4-5-10-6-7-11(12-3)8-9(10)2/h9-10H,4-8H2,1-3H3. The lowest BCUT2D eigenvalue weighted by Crippen LogP contribution is -2.34. The van der Waals surface area contributed by atoms with Crippen LogP contribution in [0.25, 0.3) is 0 Å². The second-order valence-electron chi connectivity index (χ2n) is 3.89. The highest BCUT2D eigenvalue weighted by Gasteiger charge is 2.24. The Hall–Kier alpha value is 0.310. The number of nitrogens with zero attached hydrogens (tertiary/aromatic N) is 1. The van der Waals surface area contributed by atoms with E-state index in [1.165, 1.54) is 32.4 Å². The molecule has 0 spiro atoms. The van der Waals surface area contributed by atoms with Crippen LogP contribution < -0.4 is 0 Å². The smallest absolute Gasteiger partial charge is 0.0118 e. The highest BCUT2D eigenvalue weighted by molar-refractivity contribution is 7.96. The van der Waals surface area contributed by atoms with Gasteiger partial charge in [-0.1, -0.05) is 38.6 Å². The normalized spacial score (nSPS) is 32.2. The zero-order chi connectivity index (χ0) is 8.97. The fourth-order valence-electron chi connectivity index (χ4n) is 2.12. The van der Waals surface area contributed by atoms with Crippen molar-refractivity contribution in [3.8, 4) is 0 Å². The van der Waals surface area contributed by atoms with Gasteiger partial charge in [-0.2, -0.15) is 0 Å². The van der Waals surface area contributed by atoms with Crippen LogP contribution in [0.5, 0.6) is 0 Å².